The number of benzene rings is 1. The second-order valence-corrected chi connectivity index (χ2v) is 5.66. The van der Waals surface area contributed by atoms with Gasteiger partial charge in [-0.3, -0.25) is 0 Å². The molecule has 0 spiro atoms. The summed E-state index contributed by atoms with van der Waals surface area (Å²) < 4.78 is 0. The van der Waals surface area contributed by atoms with E-state index in [2.05, 4.69) is 45.5 Å². The van der Waals surface area contributed by atoms with Gasteiger partial charge in [-0.1, -0.05) is 21.1 Å². The van der Waals surface area contributed by atoms with Gasteiger partial charge in [-0.05, 0) is 31.5 Å². The molecular formula is C10H13IOS. The second kappa shape index (κ2) is 4.66. The van der Waals surface area contributed by atoms with Crippen LogP contribution in [-0.2, 0) is 6.42 Å². The van der Waals surface area contributed by atoms with Crippen molar-refractivity contribution in [1.29, 1.82) is 0 Å². The van der Waals surface area contributed by atoms with Gasteiger partial charge < -0.3 is 5.11 Å². The van der Waals surface area contributed by atoms with Gasteiger partial charge in [-0.2, -0.15) is 0 Å². The molecule has 0 unspecified atom stereocenters. The molecule has 0 radical (unpaired) electrons. The molecule has 0 bridgehead atoms. The molecule has 1 N–H and O–H groups in total. The van der Waals surface area contributed by atoms with Crippen LogP contribution in [0.15, 0.2) is 29.2 Å². The molecule has 3 heteroatoms. The molecule has 13 heavy (non-hydrogen) atoms. The molecule has 0 saturated heterocycles. The van der Waals surface area contributed by atoms with Crippen LogP contribution < -0.4 is 0 Å². The van der Waals surface area contributed by atoms with E-state index in [1.807, 2.05) is 13.8 Å². The first kappa shape index (κ1) is 11.3. The largest absolute Gasteiger partial charge is 0.390 e. The smallest absolute Gasteiger partial charge is 0.0631 e. The molecule has 0 aliphatic carbocycles. The zero-order valence-electron chi connectivity index (χ0n) is 7.75. The van der Waals surface area contributed by atoms with E-state index in [0.717, 1.165) is 0 Å². The lowest BCUT2D eigenvalue weighted by atomic mass is 9.99. The van der Waals surface area contributed by atoms with Crippen LogP contribution >= 0.6 is 30.1 Å². The number of rotatable bonds is 3. The highest BCUT2D eigenvalue weighted by Crippen LogP contribution is 2.25. The Morgan fingerprint density at radius 3 is 2.23 bits per heavy atom. The Bertz CT molecular complexity index is 263. The molecule has 0 atom stereocenters. The van der Waals surface area contributed by atoms with E-state index in [4.69, 9.17) is 0 Å². The van der Waals surface area contributed by atoms with E-state index >= 15 is 0 Å². The molecule has 0 heterocycles. The van der Waals surface area contributed by atoms with Crippen LogP contribution in [0.3, 0.4) is 0 Å². The Labute approximate surface area is 95.5 Å². The number of hydrogen-bond donors (Lipinski definition) is 1. The van der Waals surface area contributed by atoms with Crippen molar-refractivity contribution < 1.29 is 5.11 Å². The van der Waals surface area contributed by atoms with E-state index in [1.54, 1.807) is 8.93 Å². The van der Waals surface area contributed by atoms with Crippen molar-refractivity contribution in [2.75, 3.05) is 0 Å². The van der Waals surface area contributed by atoms with Gasteiger partial charge >= 0.3 is 0 Å². The minimum Gasteiger partial charge on any atom is -0.390 e. The maximum absolute atomic E-state index is 9.59. The van der Waals surface area contributed by atoms with E-state index < -0.39 is 5.60 Å². The van der Waals surface area contributed by atoms with Gasteiger partial charge in [-0.15, -0.1) is 0 Å². The summed E-state index contributed by atoms with van der Waals surface area (Å²) in [6.07, 6.45) is 0.708. The fourth-order valence-electron chi connectivity index (χ4n) is 1.16. The summed E-state index contributed by atoms with van der Waals surface area (Å²) in [6.45, 7) is 3.65. The Morgan fingerprint density at radius 1 is 1.31 bits per heavy atom. The first-order valence-electron chi connectivity index (χ1n) is 4.11. The van der Waals surface area contributed by atoms with Crippen molar-refractivity contribution >= 4 is 30.1 Å². The Balaban J connectivity index is 2.70. The molecule has 0 fully saturated rings. The highest BCUT2D eigenvalue weighted by Gasteiger charge is 2.12. The monoisotopic (exact) mass is 308 g/mol. The quantitative estimate of drug-likeness (QED) is 0.863. The predicted octanol–water partition coefficient (Wildman–Crippen LogP) is 3.44. The molecule has 0 aromatic heterocycles. The van der Waals surface area contributed by atoms with Crippen LogP contribution in [-0.4, -0.2) is 10.7 Å². The molecule has 0 aliphatic heterocycles. The third kappa shape index (κ3) is 4.33. The van der Waals surface area contributed by atoms with Crippen LogP contribution in [0.25, 0.3) is 0 Å². The van der Waals surface area contributed by atoms with Crippen molar-refractivity contribution in [2.24, 2.45) is 0 Å². The van der Waals surface area contributed by atoms with Crippen molar-refractivity contribution in [3.05, 3.63) is 29.8 Å². The Kier molecular flexibility index (Phi) is 4.06. The molecule has 1 aromatic carbocycles. The van der Waals surface area contributed by atoms with E-state index in [9.17, 15) is 5.11 Å². The summed E-state index contributed by atoms with van der Waals surface area (Å²) in [6, 6.07) is 8.30. The standard InChI is InChI=1S/C10H13IOS/c1-10(2,12)7-8-3-5-9(13-11)6-4-8/h3-6,12H,7H2,1-2H3. The first-order valence-corrected chi connectivity index (χ1v) is 7.47. The fraction of sp³-hybridized carbons (Fsp3) is 0.400. The minimum atomic E-state index is -0.612. The first-order chi connectivity index (χ1) is 6.01. The van der Waals surface area contributed by atoms with Crippen molar-refractivity contribution in [3.8, 4) is 0 Å². The van der Waals surface area contributed by atoms with Crippen LogP contribution in [0.2, 0.25) is 0 Å². The van der Waals surface area contributed by atoms with Gasteiger partial charge in [0.15, 0.2) is 0 Å². The van der Waals surface area contributed by atoms with Crippen molar-refractivity contribution in [2.45, 2.75) is 30.8 Å². The van der Waals surface area contributed by atoms with E-state index in [1.165, 1.54) is 10.5 Å². The lowest BCUT2D eigenvalue weighted by Gasteiger charge is -2.16. The van der Waals surface area contributed by atoms with Gasteiger partial charge in [-0.25, -0.2) is 0 Å². The Morgan fingerprint density at radius 2 is 1.85 bits per heavy atom. The fourth-order valence-corrected chi connectivity index (χ4v) is 2.28. The summed E-state index contributed by atoms with van der Waals surface area (Å²) in [4.78, 5) is 1.25. The molecular weight excluding hydrogens is 295 g/mol. The lowest BCUT2D eigenvalue weighted by molar-refractivity contribution is 0.0810. The zero-order valence-corrected chi connectivity index (χ0v) is 10.7. The average molecular weight is 308 g/mol. The second-order valence-electron chi connectivity index (χ2n) is 3.71. The normalized spacial score (nSPS) is 11.7. The van der Waals surface area contributed by atoms with Crippen LogP contribution in [0.1, 0.15) is 19.4 Å². The van der Waals surface area contributed by atoms with Crippen LogP contribution in [0, 0.1) is 0 Å². The zero-order chi connectivity index (χ0) is 9.90. The van der Waals surface area contributed by atoms with Crippen molar-refractivity contribution in [3.63, 3.8) is 0 Å². The van der Waals surface area contributed by atoms with Crippen LogP contribution in [0.5, 0.6) is 0 Å². The molecule has 0 saturated carbocycles. The summed E-state index contributed by atoms with van der Waals surface area (Å²) in [7, 11) is 1.70. The van der Waals surface area contributed by atoms with Gasteiger partial charge in [0.2, 0.25) is 0 Å². The highest BCUT2D eigenvalue weighted by atomic mass is 127. The predicted molar refractivity (Wildman–Crippen MR) is 66.3 cm³/mol. The van der Waals surface area contributed by atoms with Crippen molar-refractivity contribution in [1.82, 2.24) is 0 Å². The average Bonchev–Trinajstić information content (AvgIpc) is 2.03. The third-order valence-corrected chi connectivity index (χ3v) is 3.63. The number of halogens is 1. The third-order valence-electron chi connectivity index (χ3n) is 1.65. The SMILES string of the molecule is CC(C)(O)Cc1ccc(SI)cc1. The van der Waals surface area contributed by atoms with Crippen LogP contribution in [0.4, 0.5) is 0 Å². The topological polar surface area (TPSA) is 20.2 Å². The minimum absolute atomic E-state index is 0.612. The van der Waals surface area contributed by atoms with Gasteiger partial charge in [0.1, 0.15) is 0 Å². The molecule has 1 rings (SSSR count). The highest BCUT2D eigenvalue weighted by molar-refractivity contribution is 14.2. The maximum Gasteiger partial charge on any atom is 0.0631 e. The summed E-state index contributed by atoms with van der Waals surface area (Å²) in [5.74, 6) is 0. The lowest BCUT2D eigenvalue weighted by Crippen LogP contribution is -2.21. The van der Waals surface area contributed by atoms with Gasteiger partial charge in [0.25, 0.3) is 0 Å². The maximum atomic E-state index is 9.59. The summed E-state index contributed by atoms with van der Waals surface area (Å²) in [5.41, 5.74) is 0.570. The molecule has 0 aliphatic rings. The van der Waals surface area contributed by atoms with Gasteiger partial charge in [0, 0.05) is 32.5 Å². The Hall–Kier alpha value is 0.260. The number of hydrogen-bond acceptors (Lipinski definition) is 2. The van der Waals surface area contributed by atoms with Gasteiger partial charge in [0.05, 0.1) is 5.60 Å². The van der Waals surface area contributed by atoms with E-state index in [-0.39, 0.29) is 0 Å². The molecule has 1 aromatic rings. The summed E-state index contributed by atoms with van der Waals surface area (Å²) in [5, 5.41) is 9.59. The summed E-state index contributed by atoms with van der Waals surface area (Å²) >= 11 is 2.26. The molecule has 1 nitrogen and oxygen atoms in total. The molecule has 72 valence electrons. The number of aliphatic hydroxyl groups is 1. The van der Waals surface area contributed by atoms with E-state index in [0.29, 0.717) is 6.42 Å². The molecule has 0 amide bonds.